The highest BCUT2D eigenvalue weighted by molar-refractivity contribution is 5.89. The zero-order chi connectivity index (χ0) is 10.1. The van der Waals surface area contributed by atoms with E-state index in [2.05, 4.69) is 15.3 Å². The van der Waals surface area contributed by atoms with Crippen molar-refractivity contribution in [1.82, 2.24) is 9.97 Å². The second-order valence-electron chi connectivity index (χ2n) is 3.29. The van der Waals surface area contributed by atoms with E-state index in [-0.39, 0.29) is 5.91 Å². The third-order valence-corrected chi connectivity index (χ3v) is 1.93. The number of aromatic nitrogens is 2. The standard InChI is InChI=1S/C10H11N3O/c1-6-3-4-8-9(5-6)13-10(12-8)11-7(2)14/h3-5H,1-2H3,(H2,11,12,13,14). The number of anilines is 1. The van der Waals surface area contributed by atoms with Crippen molar-refractivity contribution in [2.45, 2.75) is 13.8 Å². The number of carbonyl (C=O) groups is 1. The van der Waals surface area contributed by atoms with Crippen molar-refractivity contribution in [3.8, 4) is 0 Å². The molecule has 4 nitrogen and oxygen atoms in total. The van der Waals surface area contributed by atoms with E-state index in [0.717, 1.165) is 16.6 Å². The second-order valence-corrected chi connectivity index (χ2v) is 3.29. The van der Waals surface area contributed by atoms with Crippen molar-refractivity contribution >= 4 is 22.9 Å². The highest BCUT2D eigenvalue weighted by atomic mass is 16.1. The number of nitrogens with one attached hydrogen (secondary N) is 2. The van der Waals surface area contributed by atoms with E-state index in [1.165, 1.54) is 6.92 Å². The molecule has 2 N–H and O–H groups in total. The number of hydrogen-bond donors (Lipinski definition) is 2. The van der Waals surface area contributed by atoms with Crippen LogP contribution < -0.4 is 5.32 Å². The van der Waals surface area contributed by atoms with Crippen LogP contribution in [0.25, 0.3) is 11.0 Å². The Balaban J connectivity index is 2.46. The molecule has 14 heavy (non-hydrogen) atoms. The molecule has 0 fully saturated rings. The first kappa shape index (κ1) is 8.74. The molecule has 0 bridgehead atoms. The first-order valence-electron chi connectivity index (χ1n) is 4.39. The van der Waals surface area contributed by atoms with Crippen LogP contribution in [0.5, 0.6) is 0 Å². The fourth-order valence-corrected chi connectivity index (χ4v) is 1.35. The van der Waals surface area contributed by atoms with Gasteiger partial charge in [0.1, 0.15) is 0 Å². The molecule has 1 aromatic carbocycles. The summed E-state index contributed by atoms with van der Waals surface area (Å²) in [6, 6.07) is 5.90. The fraction of sp³-hybridized carbons (Fsp3) is 0.200. The monoisotopic (exact) mass is 189 g/mol. The van der Waals surface area contributed by atoms with E-state index in [0.29, 0.717) is 5.95 Å². The first-order chi connectivity index (χ1) is 6.65. The van der Waals surface area contributed by atoms with E-state index in [1.807, 2.05) is 25.1 Å². The molecule has 0 spiro atoms. The Morgan fingerprint density at radius 3 is 3.00 bits per heavy atom. The number of carbonyl (C=O) groups excluding carboxylic acids is 1. The topological polar surface area (TPSA) is 57.8 Å². The molecule has 1 amide bonds. The molecule has 0 saturated heterocycles. The lowest BCUT2D eigenvalue weighted by atomic mass is 10.2. The van der Waals surface area contributed by atoms with Crippen molar-refractivity contribution < 1.29 is 4.79 Å². The smallest absolute Gasteiger partial charge is 0.223 e. The lowest BCUT2D eigenvalue weighted by molar-refractivity contribution is -0.114. The summed E-state index contributed by atoms with van der Waals surface area (Å²) in [6.45, 7) is 3.47. The van der Waals surface area contributed by atoms with Gasteiger partial charge in [-0.05, 0) is 24.6 Å². The quantitative estimate of drug-likeness (QED) is 0.719. The highest BCUT2D eigenvalue weighted by Crippen LogP contribution is 2.15. The van der Waals surface area contributed by atoms with Crippen LogP contribution in [0.2, 0.25) is 0 Å². The largest absolute Gasteiger partial charge is 0.324 e. The number of nitrogens with zero attached hydrogens (tertiary/aromatic N) is 1. The molecule has 0 unspecified atom stereocenters. The Morgan fingerprint density at radius 2 is 2.29 bits per heavy atom. The number of rotatable bonds is 1. The second kappa shape index (κ2) is 3.14. The zero-order valence-corrected chi connectivity index (χ0v) is 8.09. The Bertz CT molecular complexity index is 487. The summed E-state index contributed by atoms with van der Waals surface area (Å²) in [7, 11) is 0. The lowest BCUT2D eigenvalue weighted by Crippen LogP contribution is -2.06. The van der Waals surface area contributed by atoms with E-state index in [4.69, 9.17) is 0 Å². The molecule has 1 heterocycles. The van der Waals surface area contributed by atoms with Gasteiger partial charge in [-0.25, -0.2) is 4.98 Å². The first-order valence-corrected chi connectivity index (χ1v) is 4.39. The van der Waals surface area contributed by atoms with E-state index >= 15 is 0 Å². The molecular weight excluding hydrogens is 178 g/mol. The summed E-state index contributed by atoms with van der Waals surface area (Å²) in [4.78, 5) is 18.0. The van der Waals surface area contributed by atoms with Gasteiger partial charge < -0.3 is 4.98 Å². The van der Waals surface area contributed by atoms with Crippen LogP contribution in [-0.2, 0) is 4.79 Å². The van der Waals surface area contributed by atoms with Gasteiger partial charge in [-0.1, -0.05) is 6.07 Å². The van der Waals surface area contributed by atoms with Gasteiger partial charge in [-0.2, -0.15) is 0 Å². The maximum Gasteiger partial charge on any atom is 0.223 e. The number of amides is 1. The molecule has 72 valence electrons. The average Bonchev–Trinajstić information content (AvgIpc) is 2.44. The molecule has 0 aliphatic rings. The van der Waals surface area contributed by atoms with Crippen LogP contribution in [-0.4, -0.2) is 15.9 Å². The van der Waals surface area contributed by atoms with Crippen molar-refractivity contribution in [1.29, 1.82) is 0 Å². The molecule has 2 rings (SSSR count). The highest BCUT2D eigenvalue weighted by Gasteiger charge is 2.02. The van der Waals surface area contributed by atoms with E-state index < -0.39 is 0 Å². The minimum absolute atomic E-state index is 0.124. The third kappa shape index (κ3) is 1.59. The summed E-state index contributed by atoms with van der Waals surface area (Å²) in [5.74, 6) is 0.374. The van der Waals surface area contributed by atoms with Crippen molar-refractivity contribution in [2.75, 3.05) is 5.32 Å². The van der Waals surface area contributed by atoms with Gasteiger partial charge >= 0.3 is 0 Å². The molecule has 4 heteroatoms. The molecule has 0 aliphatic carbocycles. The minimum Gasteiger partial charge on any atom is -0.324 e. The minimum atomic E-state index is -0.124. The van der Waals surface area contributed by atoms with Crippen LogP contribution >= 0.6 is 0 Å². The molecule has 0 atom stereocenters. The molecule has 0 aliphatic heterocycles. The van der Waals surface area contributed by atoms with Crippen LogP contribution in [0, 0.1) is 6.92 Å². The predicted octanol–water partition coefficient (Wildman–Crippen LogP) is 1.83. The van der Waals surface area contributed by atoms with Gasteiger partial charge in [0, 0.05) is 6.92 Å². The summed E-state index contributed by atoms with van der Waals surface area (Å²) in [5, 5.41) is 2.61. The number of benzene rings is 1. The van der Waals surface area contributed by atoms with Gasteiger partial charge in [0.15, 0.2) is 0 Å². The molecule has 0 radical (unpaired) electrons. The van der Waals surface area contributed by atoms with E-state index in [9.17, 15) is 4.79 Å². The number of H-pyrrole nitrogens is 1. The number of hydrogen-bond acceptors (Lipinski definition) is 2. The van der Waals surface area contributed by atoms with Crippen LogP contribution in [0.4, 0.5) is 5.95 Å². The van der Waals surface area contributed by atoms with Crippen LogP contribution in [0.1, 0.15) is 12.5 Å². The van der Waals surface area contributed by atoms with Gasteiger partial charge in [-0.3, -0.25) is 10.1 Å². The van der Waals surface area contributed by atoms with E-state index in [1.54, 1.807) is 0 Å². The maximum absolute atomic E-state index is 10.8. The third-order valence-electron chi connectivity index (χ3n) is 1.93. The number of aromatic amines is 1. The van der Waals surface area contributed by atoms with Gasteiger partial charge in [-0.15, -0.1) is 0 Å². The Hall–Kier alpha value is -1.84. The summed E-state index contributed by atoms with van der Waals surface area (Å²) < 4.78 is 0. The van der Waals surface area contributed by atoms with Crippen LogP contribution in [0.15, 0.2) is 18.2 Å². The number of fused-ring (bicyclic) bond motifs is 1. The Morgan fingerprint density at radius 1 is 1.50 bits per heavy atom. The predicted molar refractivity (Wildman–Crippen MR) is 55.1 cm³/mol. The fourth-order valence-electron chi connectivity index (χ4n) is 1.35. The molecule has 2 aromatic rings. The zero-order valence-electron chi connectivity index (χ0n) is 8.09. The SMILES string of the molecule is CC(=O)Nc1nc2ccc(C)cc2[nH]1. The number of aryl methyl sites for hydroxylation is 1. The average molecular weight is 189 g/mol. The molecular formula is C10H11N3O. The molecule has 0 saturated carbocycles. The summed E-state index contributed by atoms with van der Waals surface area (Å²) in [6.07, 6.45) is 0. The summed E-state index contributed by atoms with van der Waals surface area (Å²) >= 11 is 0. The Kier molecular flexibility index (Phi) is 1.96. The van der Waals surface area contributed by atoms with Crippen LogP contribution in [0.3, 0.4) is 0 Å². The van der Waals surface area contributed by atoms with Gasteiger partial charge in [0.2, 0.25) is 11.9 Å². The normalized spacial score (nSPS) is 10.4. The van der Waals surface area contributed by atoms with Gasteiger partial charge in [0.05, 0.1) is 11.0 Å². The van der Waals surface area contributed by atoms with Crippen molar-refractivity contribution in [3.05, 3.63) is 23.8 Å². The number of imidazole rings is 1. The van der Waals surface area contributed by atoms with Gasteiger partial charge in [0.25, 0.3) is 0 Å². The maximum atomic E-state index is 10.8. The summed E-state index contributed by atoms with van der Waals surface area (Å²) in [5.41, 5.74) is 2.96. The lowest BCUT2D eigenvalue weighted by Gasteiger charge is -1.92. The van der Waals surface area contributed by atoms with Crippen molar-refractivity contribution in [3.63, 3.8) is 0 Å². The Labute approximate surface area is 81.3 Å². The molecule has 1 aromatic heterocycles. The van der Waals surface area contributed by atoms with Crippen molar-refractivity contribution in [2.24, 2.45) is 0 Å².